The third-order valence-corrected chi connectivity index (χ3v) is 6.08. The minimum atomic E-state index is 0.275. The van der Waals surface area contributed by atoms with Crippen molar-refractivity contribution >= 4 is 5.69 Å². The van der Waals surface area contributed by atoms with Crippen molar-refractivity contribution in [1.29, 1.82) is 0 Å². The van der Waals surface area contributed by atoms with E-state index in [1.807, 2.05) is 0 Å². The summed E-state index contributed by atoms with van der Waals surface area (Å²) in [5, 5.41) is 0. The number of rotatable bonds is 2. The maximum absolute atomic E-state index is 6.69. The first-order valence-electron chi connectivity index (χ1n) is 9.37. The molecule has 0 unspecified atom stereocenters. The van der Waals surface area contributed by atoms with Crippen LogP contribution in [0, 0.1) is 11.8 Å². The van der Waals surface area contributed by atoms with Crippen LogP contribution in [-0.4, -0.2) is 20.2 Å². The summed E-state index contributed by atoms with van der Waals surface area (Å²) in [4.78, 5) is 2.16. The molecule has 0 radical (unpaired) electrons. The summed E-state index contributed by atoms with van der Waals surface area (Å²) in [6, 6.07) is 9.04. The van der Waals surface area contributed by atoms with Gasteiger partial charge in [0, 0.05) is 31.6 Å². The fourth-order valence-corrected chi connectivity index (χ4v) is 4.87. The molecule has 0 bridgehead atoms. The molecule has 2 nitrogen and oxygen atoms in total. The topological polar surface area (TPSA) is 12.5 Å². The molecule has 0 spiro atoms. The van der Waals surface area contributed by atoms with E-state index in [-0.39, 0.29) is 6.10 Å². The fourth-order valence-electron chi connectivity index (χ4n) is 4.87. The maximum Gasteiger partial charge on any atom is 0.0894 e. The van der Waals surface area contributed by atoms with Crippen LogP contribution in [0.1, 0.15) is 56.6 Å². The predicted octanol–water partition coefficient (Wildman–Crippen LogP) is 5.11. The molecule has 4 atom stereocenters. The number of nitrogens with zero attached hydrogens (tertiary/aromatic N) is 1. The van der Waals surface area contributed by atoms with Crippen molar-refractivity contribution < 1.29 is 4.74 Å². The second kappa shape index (κ2) is 6.32. The van der Waals surface area contributed by atoms with Crippen LogP contribution in [0.3, 0.4) is 0 Å². The average Bonchev–Trinajstić information content (AvgIpc) is 2.61. The van der Waals surface area contributed by atoms with Crippen LogP contribution in [0.5, 0.6) is 0 Å². The Kier molecular flexibility index (Phi) is 4.19. The van der Waals surface area contributed by atoms with Crippen molar-refractivity contribution in [2.24, 2.45) is 11.8 Å². The van der Waals surface area contributed by atoms with E-state index in [9.17, 15) is 0 Å². The summed E-state index contributed by atoms with van der Waals surface area (Å²) in [7, 11) is 4.20. The van der Waals surface area contributed by atoms with Crippen LogP contribution in [0.25, 0.3) is 0 Å². The van der Waals surface area contributed by atoms with Gasteiger partial charge in [0.2, 0.25) is 0 Å². The highest BCUT2D eigenvalue weighted by atomic mass is 16.5. The number of allylic oxidation sites excluding steroid dienone is 1. The molecule has 1 heterocycles. The largest absolute Gasteiger partial charge is 0.378 e. The molecule has 2 aliphatic carbocycles. The zero-order valence-corrected chi connectivity index (χ0v) is 14.5. The number of hydrogen-bond donors (Lipinski definition) is 0. The molecule has 1 aliphatic heterocycles. The van der Waals surface area contributed by atoms with Gasteiger partial charge in [0.25, 0.3) is 0 Å². The van der Waals surface area contributed by atoms with Gasteiger partial charge in [-0.3, -0.25) is 0 Å². The van der Waals surface area contributed by atoms with Crippen molar-refractivity contribution in [3.8, 4) is 0 Å². The van der Waals surface area contributed by atoms with Crippen LogP contribution in [0.2, 0.25) is 0 Å². The Balaban J connectivity index is 1.64. The zero-order chi connectivity index (χ0) is 15.8. The fraction of sp³-hybridized carbons (Fsp3) is 0.619. The first-order chi connectivity index (χ1) is 11.2. The molecule has 23 heavy (non-hydrogen) atoms. The molecule has 1 aromatic rings. The Morgan fingerprint density at radius 1 is 0.913 bits per heavy atom. The second-order valence-corrected chi connectivity index (χ2v) is 7.71. The van der Waals surface area contributed by atoms with Crippen molar-refractivity contribution in [2.45, 2.75) is 57.2 Å². The van der Waals surface area contributed by atoms with E-state index in [2.05, 4.69) is 49.3 Å². The van der Waals surface area contributed by atoms with E-state index in [0.29, 0.717) is 17.9 Å². The second-order valence-electron chi connectivity index (χ2n) is 7.71. The van der Waals surface area contributed by atoms with E-state index in [1.165, 1.54) is 56.2 Å². The van der Waals surface area contributed by atoms with Gasteiger partial charge in [-0.2, -0.15) is 0 Å². The van der Waals surface area contributed by atoms with E-state index in [1.54, 1.807) is 5.57 Å². The molecule has 1 saturated heterocycles. The monoisotopic (exact) mass is 311 g/mol. The minimum Gasteiger partial charge on any atom is -0.378 e. The molecule has 0 amide bonds. The summed E-state index contributed by atoms with van der Waals surface area (Å²) in [5.74, 6) is 1.33. The highest BCUT2D eigenvalue weighted by molar-refractivity contribution is 5.46. The number of benzene rings is 1. The Bertz CT molecular complexity index is 574. The lowest BCUT2D eigenvalue weighted by molar-refractivity contribution is -0.106. The minimum absolute atomic E-state index is 0.275. The van der Waals surface area contributed by atoms with Crippen LogP contribution >= 0.6 is 0 Å². The lowest BCUT2D eigenvalue weighted by Gasteiger charge is -2.47. The highest BCUT2D eigenvalue weighted by Crippen LogP contribution is 2.51. The van der Waals surface area contributed by atoms with Crippen LogP contribution in [0.15, 0.2) is 35.9 Å². The van der Waals surface area contributed by atoms with Crippen molar-refractivity contribution in [3.05, 3.63) is 41.5 Å². The van der Waals surface area contributed by atoms with E-state index >= 15 is 0 Å². The molecular weight excluding hydrogens is 282 g/mol. The Morgan fingerprint density at radius 3 is 2.43 bits per heavy atom. The van der Waals surface area contributed by atoms with E-state index in [0.717, 1.165) is 0 Å². The number of fused-ring (bicyclic) bond motifs is 3. The van der Waals surface area contributed by atoms with E-state index in [4.69, 9.17) is 4.74 Å². The maximum atomic E-state index is 6.69. The number of ether oxygens (including phenoxy) is 1. The van der Waals surface area contributed by atoms with Gasteiger partial charge >= 0.3 is 0 Å². The number of hydrogen-bond acceptors (Lipinski definition) is 2. The molecule has 0 aromatic heterocycles. The highest BCUT2D eigenvalue weighted by Gasteiger charge is 2.43. The van der Waals surface area contributed by atoms with Crippen LogP contribution in [0.4, 0.5) is 5.69 Å². The summed E-state index contributed by atoms with van der Waals surface area (Å²) < 4.78 is 6.69. The molecule has 124 valence electrons. The summed E-state index contributed by atoms with van der Waals surface area (Å²) >= 11 is 0. The zero-order valence-electron chi connectivity index (χ0n) is 14.5. The van der Waals surface area contributed by atoms with Gasteiger partial charge in [-0.15, -0.1) is 0 Å². The molecule has 1 saturated carbocycles. The molecule has 1 aromatic carbocycles. The van der Waals surface area contributed by atoms with Gasteiger partial charge in [0.1, 0.15) is 0 Å². The number of anilines is 1. The lowest BCUT2D eigenvalue weighted by Crippen LogP contribution is -2.41. The normalized spacial score (nSPS) is 33.4. The molecule has 2 fully saturated rings. The van der Waals surface area contributed by atoms with Crippen LogP contribution < -0.4 is 4.90 Å². The summed E-state index contributed by atoms with van der Waals surface area (Å²) in [6.45, 7) is 0. The Morgan fingerprint density at radius 2 is 1.65 bits per heavy atom. The molecule has 4 rings (SSSR count). The predicted molar refractivity (Wildman–Crippen MR) is 95.8 cm³/mol. The van der Waals surface area contributed by atoms with Gasteiger partial charge in [-0.1, -0.05) is 36.6 Å². The standard InChI is InChI=1S/C21H29NO/c1-22(2)16-13-11-15(12-14-16)21-19-9-4-3-7-17(19)18-8-5-6-10-20(18)23-21/h7,11-14,18-21H,3-6,8-10H2,1-2H3/t18-,19-,20-,21+/m0/s1. The van der Waals surface area contributed by atoms with Crippen molar-refractivity contribution in [1.82, 2.24) is 0 Å². The molecular formula is C21H29NO. The first kappa shape index (κ1) is 15.3. The SMILES string of the molecule is CN(C)c1ccc([C@H]2O[C@H]3CCCC[C@H]3C3=CCCC[C@@H]32)cc1. The molecule has 2 heteroatoms. The van der Waals surface area contributed by atoms with Gasteiger partial charge in [0.05, 0.1) is 12.2 Å². The Hall–Kier alpha value is -1.28. The summed E-state index contributed by atoms with van der Waals surface area (Å²) in [5.41, 5.74) is 4.38. The summed E-state index contributed by atoms with van der Waals surface area (Å²) in [6.07, 6.45) is 12.5. The average molecular weight is 311 g/mol. The quantitative estimate of drug-likeness (QED) is 0.704. The van der Waals surface area contributed by atoms with E-state index < -0.39 is 0 Å². The first-order valence-corrected chi connectivity index (χ1v) is 9.37. The van der Waals surface area contributed by atoms with Gasteiger partial charge in [0.15, 0.2) is 0 Å². The molecule has 0 N–H and O–H groups in total. The van der Waals surface area contributed by atoms with Gasteiger partial charge in [-0.05, 0) is 49.8 Å². The van der Waals surface area contributed by atoms with Crippen LogP contribution in [-0.2, 0) is 4.74 Å². The van der Waals surface area contributed by atoms with Crippen molar-refractivity contribution in [2.75, 3.05) is 19.0 Å². The Labute approximate surface area is 140 Å². The third-order valence-electron chi connectivity index (χ3n) is 6.08. The van der Waals surface area contributed by atoms with Crippen molar-refractivity contribution in [3.63, 3.8) is 0 Å². The lowest BCUT2D eigenvalue weighted by atomic mass is 9.68. The van der Waals surface area contributed by atoms with Gasteiger partial charge in [-0.25, -0.2) is 0 Å². The van der Waals surface area contributed by atoms with Gasteiger partial charge < -0.3 is 9.64 Å². The third kappa shape index (κ3) is 2.82. The molecule has 3 aliphatic rings. The smallest absolute Gasteiger partial charge is 0.0894 e.